The molecule has 0 aliphatic carbocycles. The lowest BCUT2D eigenvalue weighted by atomic mass is 10.2. The zero-order chi connectivity index (χ0) is 21.8. The van der Waals surface area contributed by atoms with Gasteiger partial charge in [-0.3, -0.25) is 29.7 Å². The predicted molar refractivity (Wildman–Crippen MR) is 117 cm³/mol. The lowest BCUT2D eigenvalue weighted by Gasteiger charge is -2.24. The van der Waals surface area contributed by atoms with Crippen LogP contribution in [0.2, 0.25) is 10.0 Å². The number of hydrazine groups is 1. The molecule has 8 nitrogen and oxygen atoms in total. The zero-order valence-corrected chi connectivity index (χ0v) is 18.1. The van der Waals surface area contributed by atoms with Crippen LogP contribution < -0.4 is 10.7 Å². The van der Waals surface area contributed by atoms with E-state index < -0.39 is 17.9 Å². The Balaban J connectivity index is 1.77. The van der Waals surface area contributed by atoms with Crippen LogP contribution in [0.1, 0.15) is 23.7 Å². The molecule has 2 heterocycles. The fourth-order valence-electron chi connectivity index (χ4n) is 2.93. The second-order valence-corrected chi connectivity index (χ2v) is 7.58. The lowest BCUT2D eigenvalue weighted by Crippen LogP contribution is -2.49. The largest absolute Gasteiger partial charge is 0.326 e. The number of thiocarbonyl (C=S) groups is 1. The van der Waals surface area contributed by atoms with Gasteiger partial charge in [0.2, 0.25) is 5.91 Å². The van der Waals surface area contributed by atoms with Crippen LogP contribution in [0.3, 0.4) is 0 Å². The van der Waals surface area contributed by atoms with Crippen LogP contribution in [-0.4, -0.2) is 50.3 Å². The van der Waals surface area contributed by atoms with Crippen LogP contribution in [0.25, 0.3) is 0 Å². The summed E-state index contributed by atoms with van der Waals surface area (Å²) in [6.07, 6.45) is 2.68. The van der Waals surface area contributed by atoms with Gasteiger partial charge >= 0.3 is 0 Å². The Kier molecular flexibility index (Phi) is 6.86. The average molecular weight is 466 g/mol. The number of hydrogen-bond donors (Lipinski definition) is 2. The molecule has 156 valence electrons. The van der Waals surface area contributed by atoms with E-state index in [2.05, 4.69) is 15.7 Å². The highest BCUT2D eigenvalue weighted by atomic mass is 35.5. The molecule has 1 atom stereocenters. The molecule has 1 aliphatic rings. The Morgan fingerprint density at radius 2 is 1.93 bits per heavy atom. The number of carbonyl (C=O) groups excluding carboxylic acids is 3. The van der Waals surface area contributed by atoms with Crippen LogP contribution >= 0.6 is 35.4 Å². The molecule has 1 aromatic carbocycles. The van der Waals surface area contributed by atoms with Crippen molar-refractivity contribution < 1.29 is 14.4 Å². The van der Waals surface area contributed by atoms with Crippen molar-refractivity contribution in [2.75, 3.05) is 11.9 Å². The Labute approximate surface area is 188 Å². The third-order valence-corrected chi connectivity index (χ3v) is 5.14. The highest BCUT2D eigenvalue weighted by molar-refractivity contribution is 7.80. The topological polar surface area (TPSA) is 94.6 Å². The second kappa shape index (κ2) is 9.38. The number of likely N-dealkylation sites (N-methyl/N-ethyl adjacent to an activating group) is 1. The van der Waals surface area contributed by atoms with Crippen molar-refractivity contribution >= 4 is 63.9 Å². The first kappa shape index (κ1) is 21.9. The maximum absolute atomic E-state index is 12.8. The maximum Gasteiger partial charge on any atom is 0.271 e. The van der Waals surface area contributed by atoms with Gasteiger partial charge in [-0.2, -0.15) is 0 Å². The van der Waals surface area contributed by atoms with Crippen molar-refractivity contribution in [2.24, 2.45) is 0 Å². The minimum atomic E-state index is -0.993. The normalized spacial score (nSPS) is 16.0. The molecule has 2 N–H and O–H groups in total. The summed E-state index contributed by atoms with van der Waals surface area (Å²) >= 11 is 17.2. The minimum absolute atomic E-state index is 0.114. The van der Waals surface area contributed by atoms with Gasteiger partial charge < -0.3 is 5.32 Å². The van der Waals surface area contributed by atoms with Crippen LogP contribution in [-0.2, 0) is 9.59 Å². The summed E-state index contributed by atoms with van der Waals surface area (Å²) in [5.41, 5.74) is 3.29. The number of aromatic nitrogens is 1. The van der Waals surface area contributed by atoms with E-state index in [9.17, 15) is 14.4 Å². The van der Waals surface area contributed by atoms with E-state index in [1.165, 1.54) is 40.5 Å². The van der Waals surface area contributed by atoms with Gasteiger partial charge in [-0.1, -0.05) is 23.2 Å². The fraction of sp³-hybridized carbons (Fsp3) is 0.211. The standard InChI is InChI=1S/C19H17Cl2N5O3S/c1-2-25-18(29)15(9-16(27)23-14-7-12(20)6-13(21)8-14)26(19(25)30)24-17(28)11-4-3-5-22-10-11/h3-8,10,15H,2,9H2,1H3,(H,23,27)(H,24,28). The van der Waals surface area contributed by atoms with Crippen molar-refractivity contribution in [3.05, 3.63) is 58.3 Å². The quantitative estimate of drug-likeness (QED) is 0.636. The van der Waals surface area contributed by atoms with Crippen molar-refractivity contribution in [2.45, 2.75) is 19.4 Å². The van der Waals surface area contributed by atoms with Gasteiger partial charge in [-0.15, -0.1) is 0 Å². The Hall–Kier alpha value is -2.75. The number of hydrogen-bond acceptors (Lipinski definition) is 5. The number of pyridine rings is 1. The van der Waals surface area contributed by atoms with E-state index >= 15 is 0 Å². The molecule has 1 aliphatic heterocycles. The molecular weight excluding hydrogens is 449 g/mol. The third kappa shape index (κ3) is 4.86. The van der Waals surface area contributed by atoms with E-state index in [1.807, 2.05) is 0 Å². The molecular formula is C19H17Cl2N5O3S. The first-order valence-corrected chi connectivity index (χ1v) is 10.1. The molecule has 1 fully saturated rings. The number of carbonyl (C=O) groups is 3. The summed E-state index contributed by atoms with van der Waals surface area (Å²) in [5, 5.41) is 4.72. The monoisotopic (exact) mass is 465 g/mol. The number of amides is 3. The zero-order valence-electron chi connectivity index (χ0n) is 15.8. The molecule has 1 unspecified atom stereocenters. The van der Waals surface area contributed by atoms with E-state index in [0.29, 0.717) is 27.8 Å². The summed E-state index contributed by atoms with van der Waals surface area (Å²) in [5.74, 6) is -1.34. The SMILES string of the molecule is CCN1C(=O)C(CC(=O)Nc2cc(Cl)cc(Cl)c2)N(NC(=O)c2cccnc2)C1=S. The second-order valence-electron chi connectivity index (χ2n) is 6.34. The summed E-state index contributed by atoms with van der Waals surface area (Å²) in [6.45, 7) is 2.06. The molecule has 2 aromatic rings. The van der Waals surface area contributed by atoms with Gasteiger partial charge in [-0.25, -0.2) is 5.01 Å². The highest BCUT2D eigenvalue weighted by Crippen LogP contribution is 2.24. The van der Waals surface area contributed by atoms with Gasteiger partial charge in [0.25, 0.3) is 11.8 Å². The van der Waals surface area contributed by atoms with Crippen LogP contribution in [0.15, 0.2) is 42.7 Å². The van der Waals surface area contributed by atoms with Crippen molar-refractivity contribution in [1.29, 1.82) is 0 Å². The average Bonchev–Trinajstić information content (AvgIpc) is 2.91. The van der Waals surface area contributed by atoms with Crippen molar-refractivity contribution in [3.8, 4) is 0 Å². The first-order chi connectivity index (χ1) is 14.3. The molecule has 0 saturated carbocycles. The van der Waals surface area contributed by atoms with Crippen molar-refractivity contribution in [3.63, 3.8) is 0 Å². The number of nitrogens with zero attached hydrogens (tertiary/aromatic N) is 3. The highest BCUT2D eigenvalue weighted by Gasteiger charge is 2.43. The van der Waals surface area contributed by atoms with Gasteiger partial charge in [0, 0.05) is 34.7 Å². The van der Waals surface area contributed by atoms with Crippen LogP contribution in [0, 0.1) is 0 Å². The van der Waals surface area contributed by atoms with E-state index in [-0.39, 0.29) is 17.4 Å². The number of anilines is 1. The lowest BCUT2D eigenvalue weighted by molar-refractivity contribution is -0.130. The third-order valence-electron chi connectivity index (χ3n) is 4.29. The minimum Gasteiger partial charge on any atom is -0.326 e. The number of nitrogens with one attached hydrogen (secondary N) is 2. The number of benzene rings is 1. The fourth-order valence-corrected chi connectivity index (χ4v) is 3.85. The Morgan fingerprint density at radius 1 is 1.23 bits per heavy atom. The van der Waals surface area contributed by atoms with Crippen LogP contribution in [0.5, 0.6) is 0 Å². The van der Waals surface area contributed by atoms with E-state index in [0.717, 1.165) is 0 Å². The number of rotatable bonds is 6. The van der Waals surface area contributed by atoms with Gasteiger partial charge in [-0.05, 0) is 49.5 Å². The molecule has 0 bridgehead atoms. The molecule has 0 spiro atoms. The molecule has 1 aromatic heterocycles. The van der Waals surface area contributed by atoms with Gasteiger partial charge in [0.05, 0.1) is 12.0 Å². The molecule has 30 heavy (non-hydrogen) atoms. The first-order valence-electron chi connectivity index (χ1n) is 8.91. The van der Waals surface area contributed by atoms with E-state index in [4.69, 9.17) is 35.4 Å². The van der Waals surface area contributed by atoms with Crippen LogP contribution in [0.4, 0.5) is 5.69 Å². The number of halogens is 2. The van der Waals surface area contributed by atoms with E-state index in [1.54, 1.807) is 19.1 Å². The molecule has 11 heteroatoms. The summed E-state index contributed by atoms with van der Waals surface area (Å²) < 4.78 is 0. The smallest absolute Gasteiger partial charge is 0.271 e. The molecule has 1 saturated heterocycles. The molecule has 3 rings (SSSR count). The van der Waals surface area contributed by atoms with Crippen molar-refractivity contribution in [1.82, 2.24) is 20.3 Å². The maximum atomic E-state index is 12.8. The summed E-state index contributed by atoms with van der Waals surface area (Å²) in [6, 6.07) is 6.80. The summed E-state index contributed by atoms with van der Waals surface area (Å²) in [4.78, 5) is 43.1. The Morgan fingerprint density at radius 3 is 2.53 bits per heavy atom. The van der Waals surface area contributed by atoms with Gasteiger partial charge in [0.1, 0.15) is 6.04 Å². The Bertz CT molecular complexity index is 985. The molecule has 0 radical (unpaired) electrons. The molecule has 3 amide bonds. The van der Waals surface area contributed by atoms with Gasteiger partial charge in [0.15, 0.2) is 5.11 Å². The predicted octanol–water partition coefficient (Wildman–Crippen LogP) is 2.88. The summed E-state index contributed by atoms with van der Waals surface area (Å²) in [7, 11) is 0.